The normalized spacial score (nSPS) is 9.40. The second kappa shape index (κ2) is 5.77. The summed E-state index contributed by atoms with van der Waals surface area (Å²) in [6.45, 7) is 0.198. The molecule has 5 heteroatoms. The summed E-state index contributed by atoms with van der Waals surface area (Å²) in [6, 6.07) is 6.77. The Morgan fingerprint density at radius 2 is 2.33 bits per heavy atom. The number of carbonyl (C=O) groups is 2. The van der Waals surface area contributed by atoms with Crippen molar-refractivity contribution in [2.75, 3.05) is 7.11 Å². The fourth-order valence-electron chi connectivity index (χ4n) is 1.06. The summed E-state index contributed by atoms with van der Waals surface area (Å²) in [5, 5.41) is 0. The summed E-state index contributed by atoms with van der Waals surface area (Å²) in [5.41, 5.74) is 3.28. The van der Waals surface area contributed by atoms with E-state index in [1.165, 1.54) is 7.11 Å². The average molecular weight is 209 g/mol. The van der Waals surface area contributed by atoms with E-state index in [0.717, 1.165) is 5.56 Å². The van der Waals surface area contributed by atoms with Crippen LogP contribution in [-0.4, -0.2) is 19.5 Å². The third-order valence-electron chi connectivity index (χ3n) is 1.72. The standard InChI is InChI=1S/C10H11NO4/c1-14-10(13)9-4-2-3-8(5-9)6-15-11-7-12/h2-5,7H,6H2,1H3,(H,11,12). The molecule has 1 aromatic rings. The van der Waals surface area contributed by atoms with Crippen LogP contribution >= 0.6 is 0 Å². The van der Waals surface area contributed by atoms with Crippen molar-refractivity contribution in [3.63, 3.8) is 0 Å². The molecule has 0 spiro atoms. The highest BCUT2D eigenvalue weighted by molar-refractivity contribution is 5.89. The van der Waals surface area contributed by atoms with Gasteiger partial charge >= 0.3 is 5.97 Å². The van der Waals surface area contributed by atoms with Crippen molar-refractivity contribution in [1.82, 2.24) is 5.48 Å². The Morgan fingerprint density at radius 3 is 3.00 bits per heavy atom. The van der Waals surface area contributed by atoms with Crippen LogP contribution in [0.4, 0.5) is 0 Å². The Labute approximate surface area is 86.9 Å². The lowest BCUT2D eigenvalue weighted by Crippen LogP contribution is -2.11. The number of nitrogens with one attached hydrogen (secondary N) is 1. The van der Waals surface area contributed by atoms with Crippen molar-refractivity contribution in [2.45, 2.75) is 6.61 Å². The molecule has 0 aliphatic heterocycles. The van der Waals surface area contributed by atoms with Crippen molar-refractivity contribution in [1.29, 1.82) is 0 Å². The van der Waals surface area contributed by atoms with Gasteiger partial charge in [0, 0.05) is 0 Å². The van der Waals surface area contributed by atoms with E-state index in [0.29, 0.717) is 12.0 Å². The van der Waals surface area contributed by atoms with E-state index in [4.69, 9.17) is 4.84 Å². The molecule has 0 saturated heterocycles. The molecule has 0 fully saturated rings. The number of benzene rings is 1. The molecule has 5 nitrogen and oxygen atoms in total. The second-order valence-corrected chi connectivity index (χ2v) is 2.72. The number of esters is 1. The molecule has 80 valence electrons. The first-order valence-corrected chi connectivity index (χ1v) is 4.26. The SMILES string of the molecule is COC(=O)c1cccc(CONC=O)c1. The molecule has 1 amide bonds. The molecule has 0 aromatic heterocycles. The molecule has 0 bridgehead atoms. The van der Waals surface area contributed by atoms with Crippen molar-refractivity contribution < 1.29 is 19.2 Å². The van der Waals surface area contributed by atoms with Gasteiger partial charge in [-0.15, -0.1) is 0 Å². The maximum atomic E-state index is 11.2. The number of methoxy groups -OCH3 is 1. The summed E-state index contributed by atoms with van der Waals surface area (Å²) in [7, 11) is 1.32. The minimum Gasteiger partial charge on any atom is -0.465 e. The van der Waals surface area contributed by atoms with Gasteiger partial charge in [-0.25, -0.2) is 10.3 Å². The number of ether oxygens (including phenoxy) is 1. The molecule has 1 N–H and O–H groups in total. The van der Waals surface area contributed by atoms with Gasteiger partial charge < -0.3 is 4.74 Å². The number of amides is 1. The number of rotatable bonds is 5. The van der Waals surface area contributed by atoms with Crippen LogP contribution in [0.5, 0.6) is 0 Å². The van der Waals surface area contributed by atoms with Crippen molar-refractivity contribution in [3.8, 4) is 0 Å². The first-order chi connectivity index (χ1) is 7.27. The lowest BCUT2D eigenvalue weighted by atomic mass is 10.1. The molecule has 0 heterocycles. The zero-order valence-electron chi connectivity index (χ0n) is 8.23. The van der Waals surface area contributed by atoms with E-state index in [-0.39, 0.29) is 6.61 Å². The van der Waals surface area contributed by atoms with E-state index < -0.39 is 5.97 Å². The number of carbonyl (C=O) groups excluding carboxylic acids is 2. The largest absolute Gasteiger partial charge is 0.465 e. The van der Waals surface area contributed by atoms with E-state index >= 15 is 0 Å². The summed E-state index contributed by atoms with van der Waals surface area (Å²) >= 11 is 0. The summed E-state index contributed by atoms with van der Waals surface area (Å²) in [6.07, 6.45) is 0.435. The zero-order valence-corrected chi connectivity index (χ0v) is 8.23. The maximum absolute atomic E-state index is 11.2. The monoisotopic (exact) mass is 209 g/mol. The highest BCUT2D eigenvalue weighted by atomic mass is 16.6. The third kappa shape index (κ3) is 3.40. The van der Waals surface area contributed by atoms with Gasteiger partial charge in [0.25, 0.3) is 0 Å². The Kier molecular flexibility index (Phi) is 4.30. The van der Waals surface area contributed by atoms with Gasteiger partial charge in [0.2, 0.25) is 6.41 Å². The van der Waals surface area contributed by atoms with E-state index in [1.807, 2.05) is 0 Å². The Hall–Kier alpha value is -1.88. The Balaban J connectivity index is 2.65. The van der Waals surface area contributed by atoms with Crippen molar-refractivity contribution in [3.05, 3.63) is 35.4 Å². The summed E-state index contributed by atoms with van der Waals surface area (Å²) in [4.78, 5) is 25.8. The predicted molar refractivity (Wildman–Crippen MR) is 51.8 cm³/mol. The lowest BCUT2D eigenvalue weighted by Gasteiger charge is -2.03. The van der Waals surface area contributed by atoms with Crippen molar-refractivity contribution >= 4 is 12.4 Å². The molecule has 0 aliphatic carbocycles. The van der Waals surface area contributed by atoms with Gasteiger partial charge in [-0.3, -0.25) is 9.63 Å². The molecular weight excluding hydrogens is 198 g/mol. The molecular formula is C10H11NO4. The van der Waals surface area contributed by atoms with Crippen LogP contribution in [0.1, 0.15) is 15.9 Å². The first kappa shape index (κ1) is 11.2. The number of hydrogen-bond acceptors (Lipinski definition) is 4. The van der Waals surface area contributed by atoms with Gasteiger partial charge in [0.1, 0.15) is 0 Å². The van der Waals surface area contributed by atoms with Crippen LogP contribution in [0, 0.1) is 0 Å². The quantitative estimate of drug-likeness (QED) is 0.334. The summed E-state index contributed by atoms with van der Waals surface area (Å²) < 4.78 is 4.57. The minimum absolute atomic E-state index is 0.198. The molecule has 1 aromatic carbocycles. The number of hydroxylamine groups is 1. The van der Waals surface area contributed by atoms with E-state index in [1.54, 1.807) is 24.3 Å². The molecule has 0 saturated carbocycles. The Morgan fingerprint density at radius 1 is 1.53 bits per heavy atom. The van der Waals surface area contributed by atoms with Crippen LogP contribution in [0.25, 0.3) is 0 Å². The fraction of sp³-hybridized carbons (Fsp3) is 0.200. The second-order valence-electron chi connectivity index (χ2n) is 2.72. The van der Waals surface area contributed by atoms with Crippen molar-refractivity contribution in [2.24, 2.45) is 0 Å². The van der Waals surface area contributed by atoms with Gasteiger partial charge in [-0.2, -0.15) is 0 Å². The van der Waals surface area contributed by atoms with Crippen LogP contribution in [0.3, 0.4) is 0 Å². The highest BCUT2D eigenvalue weighted by Crippen LogP contribution is 2.07. The van der Waals surface area contributed by atoms with Gasteiger partial charge in [0.05, 0.1) is 19.3 Å². The first-order valence-electron chi connectivity index (χ1n) is 4.26. The van der Waals surface area contributed by atoms with Crippen LogP contribution < -0.4 is 5.48 Å². The van der Waals surface area contributed by atoms with Crippen LogP contribution in [0.2, 0.25) is 0 Å². The predicted octanol–water partition coefficient (Wildman–Crippen LogP) is 0.651. The average Bonchev–Trinajstić information content (AvgIpc) is 2.29. The minimum atomic E-state index is -0.403. The third-order valence-corrected chi connectivity index (χ3v) is 1.72. The van der Waals surface area contributed by atoms with E-state index in [2.05, 4.69) is 10.2 Å². The van der Waals surface area contributed by atoms with Gasteiger partial charge in [-0.05, 0) is 17.7 Å². The van der Waals surface area contributed by atoms with Gasteiger partial charge in [0.15, 0.2) is 0 Å². The number of hydrogen-bond donors (Lipinski definition) is 1. The smallest absolute Gasteiger partial charge is 0.337 e. The molecule has 0 atom stereocenters. The fourth-order valence-corrected chi connectivity index (χ4v) is 1.06. The maximum Gasteiger partial charge on any atom is 0.337 e. The zero-order chi connectivity index (χ0) is 11.1. The van der Waals surface area contributed by atoms with Gasteiger partial charge in [-0.1, -0.05) is 12.1 Å². The highest BCUT2D eigenvalue weighted by Gasteiger charge is 2.05. The molecule has 15 heavy (non-hydrogen) atoms. The lowest BCUT2D eigenvalue weighted by molar-refractivity contribution is -0.121. The van der Waals surface area contributed by atoms with Crippen LogP contribution in [-0.2, 0) is 21.0 Å². The Bertz CT molecular complexity index is 351. The van der Waals surface area contributed by atoms with E-state index in [9.17, 15) is 9.59 Å². The topological polar surface area (TPSA) is 64.6 Å². The molecule has 0 radical (unpaired) electrons. The molecule has 0 aliphatic rings. The molecule has 0 unspecified atom stereocenters. The summed E-state index contributed by atoms with van der Waals surface area (Å²) in [5.74, 6) is -0.403. The molecule has 1 rings (SSSR count). The van der Waals surface area contributed by atoms with Crippen LogP contribution in [0.15, 0.2) is 24.3 Å².